The first-order valence-corrected chi connectivity index (χ1v) is 11.1. The van der Waals surface area contributed by atoms with E-state index in [0.717, 1.165) is 6.42 Å². The molecular formula is C24H34N2O6. The number of nitrogens with zero attached hydrogens (tertiary/aromatic N) is 1. The maximum Gasteiger partial charge on any atom is 0.412 e. The Morgan fingerprint density at radius 3 is 2.16 bits per heavy atom. The molecule has 1 aromatic carbocycles. The summed E-state index contributed by atoms with van der Waals surface area (Å²) < 4.78 is 10.6. The first-order valence-electron chi connectivity index (χ1n) is 11.1. The summed E-state index contributed by atoms with van der Waals surface area (Å²) in [5.74, 6) is -1.76. The van der Waals surface area contributed by atoms with E-state index in [4.69, 9.17) is 9.47 Å². The highest BCUT2D eigenvalue weighted by Gasteiger charge is 2.47. The average Bonchev–Trinajstić information content (AvgIpc) is 2.67. The van der Waals surface area contributed by atoms with Crippen LogP contribution in [0.15, 0.2) is 18.2 Å². The molecule has 1 aliphatic carbocycles. The minimum Gasteiger partial charge on any atom is -0.465 e. The van der Waals surface area contributed by atoms with Gasteiger partial charge in [0, 0.05) is 13.1 Å². The van der Waals surface area contributed by atoms with E-state index >= 15 is 0 Å². The van der Waals surface area contributed by atoms with E-state index < -0.39 is 28.8 Å². The predicted molar refractivity (Wildman–Crippen MR) is 121 cm³/mol. The molecular weight excluding hydrogens is 412 g/mol. The molecule has 8 heteroatoms. The monoisotopic (exact) mass is 446 g/mol. The lowest BCUT2D eigenvalue weighted by atomic mass is 9.64. The predicted octanol–water partition coefficient (Wildman–Crippen LogP) is 4.07. The van der Waals surface area contributed by atoms with Crippen molar-refractivity contribution >= 4 is 29.4 Å². The van der Waals surface area contributed by atoms with Gasteiger partial charge in [-0.3, -0.25) is 19.7 Å². The number of hydrogen-bond acceptors (Lipinski definition) is 6. The third-order valence-electron chi connectivity index (χ3n) is 5.57. The standard InChI is InChI=1S/C24H34N2O6/c1-7-26(8-2)20(28)19(27)17-15-16(24(13-10-14-24)21(29)31-9-3)11-12-18(17)25-22(30)32-23(4,5)6/h11-12,15H,7-10,13-14H2,1-6H3,(H,25,30). The molecule has 0 atom stereocenters. The van der Waals surface area contributed by atoms with E-state index in [9.17, 15) is 19.2 Å². The number of ketones is 1. The van der Waals surface area contributed by atoms with Gasteiger partial charge in [-0.15, -0.1) is 0 Å². The van der Waals surface area contributed by atoms with Crippen LogP contribution in [-0.4, -0.2) is 54.0 Å². The Hall–Kier alpha value is -2.90. The molecule has 1 aromatic rings. The zero-order valence-electron chi connectivity index (χ0n) is 19.9. The lowest BCUT2D eigenvalue weighted by Crippen LogP contribution is -2.44. The van der Waals surface area contributed by atoms with E-state index in [1.54, 1.807) is 53.7 Å². The van der Waals surface area contributed by atoms with E-state index in [2.05, 4.69) is 5.32 Å². The fraction of sp³-hybridized carbons (Fsp3) is 0.583. The number of anilines is 1. The zero-order chi connectivity index (χ0) is 24.1. The van der Waals surface area contributed by atoms with Crippen molar-refractivity contribution in [3.05, 3.63) is 29.3 Å². The van der Waals surface area contributed by atoms with Crippen LogP contribution < -0.4 is 5.32 Å². The summed E-state index contributed by atoms with van der Waals surface area (Å²) in [6.45, 7) is 11.5. The molecule has 0 heterocycles. The summed E-state index contributed by atoms with van der Waals surface area (Å²) in [5.41, 5.74) is -0.779. The highest BCUT2D eigenvalue weighted by atomic mass is 16.6. The van der Waals surface area contributed by atoms with Gasteiger partial charge in [-0.1, -0.05) is 12.5 Å². The number of rotatable bonds is 8. The quantitative estimate of drug-likeness (QED) is 0.367. The number of benzene rings is 1. The Balaban J connectivity index is 2.50. The van der Waals surface area contributed by atoms with Crippen LogP contribution in [0, 0.1) is 0 Å². The molecule has 2 amide bonds. The van der Waals surface area contributed by atoms with E-state index in [1.165, 1.54) is 11.0 Å². The number of carbonyl (C=O) groups is 4. The van der Waals surface area contributed by atoms with Crippen molar-refractivity contribution in [3.8, 4) is 0 Å². The first kappa shape index (κ1) is 25.4. The second-order valence-corrected chi connectivity index (χ2v) is 8.85. The van der Waals surface area contributed by atoms with Crippen LogP contribution in [-0.2, 0) is 24.5 Å². The Morgan fingerprint density at radius 2 is 1.69 bits per heavy atom. The SMILES string of the molecule is CCOC(=O)C1(c2ccc(NC(=O)OC(C)(C)C)c(C(=O)C(=O)N(CC)CC)c2)CCC1. The number of nitrogens with one attached hydrogen (secondary N) is 1. The van der Waals surface area contributed by atoms with Gasteiger partial charge in [0.25, 0.3) is 11.7 Å². The first-order chi connectivity index (χ1) is 15.0. The smallest absolute Gasteiger partial charge is 0.412 e. The lowest BCUT2D eigenvalue weighted by molar-refractivity contribution is -0.153. The Labute approximate surface area is 189 Å². The Kier molecular flexibility index (Phi) is 8.04. The molecule has 1 N–H and O–H groups in total. The van der Waals surface area contributed by atoms with E-state index in [0.29, 0.717) is 31.5 Å². The molecule has 2 rings (SSSR count). The van der Waals surface area contributed by atoms with Crippen LogP contribution in [0.3, 0.4) is 0 Å². The summed E-state index contributed by atoms with van der Waals surface area (Å²) in [6.07, 6.45) is 1.32. The second kappa shape index (κ2) is 10.1. The van der Waals surface area contributed by atoms with Gasteiger partial charge in [-0.2, -0.15) is 0 Å². The lowest BCUT2D eigenvalue weighted by Gasteiger charge is -2.40. The third-order valence-corrected chi connectivity index (χ3v) is 5.57. The number of amides is 2. The van der Waals surface area contributed by atoms with Crippen molar-refractivity contribution in [2.24, 2.45) is 0 Å². The van der Waals surface area contributed by atoms with Crippen molar-refractivity contribution < 1.29 is 28.7 Å². The molecule has 1 aliphatic rings. The molecule has 0 unspecified atom stereocenters. The minimum atomic E-state index is -0.840. The topological polar surface area (TPSA) is 102 Å². The Bertz CT molecular complexity index is 879. The number of Topliss-reactive ketones (excluding diaryl/α,β-unsaturated/α-hetero) is 1. The van der Waals surface area contributed by atoms with Crippen LogP contribution in [0.5, 0.6) is 0 Å². The van der Waals surface area contributed by atoms with Crippen LogP contribution >= 0.6 is 0 Å². The van der Waals surface area contributed by atoms with Crippen LogP contribution in [0.25, 0.3) is 0 Å². The van der Waals surface area contributed by atoms with Crippen molar-refractivity contribution in [2.75, 3.05) is 25.0 Å². The maximum atomic E-state index is 13.2. The summed E-state index contributed by atoms with van der Waals surface area (Å²) >= 11 is 0. The number of ether oxygens (including phenoxy) is 2. The highest BCUT2D eigenvalue weighted by Crippen LogP contribution is 2.45. The summed E-state index contributed by atoms with van der Waals surface area (Å²) in [4.78, 5) is 52.4. The number of likely N-dealkylation sites (N-methyl/N-ethyl adjacent to an activating group) is 1. The van der Waals surface area contributed by atoms with Crippen LogP contribution in [0.1, 0.15) is 76.7 Å². The Morgan fingerprint density at radius 1 is 1.06 bits per heavy atom. The molecule has 32 heavy (non-hydrogen) atoms. The molecule has 176 valence electrons. The number of carbonyl (C=O) groups excluding carboxylic acids is 4. The van der Waals surface area contributed by atoms with Gasteiger partial charge in [-0.25, -0.2) is 4.79 Å². The maximum absolute atomic E-state index is 13.2. The number of hydrogen-bond donors (Lipinski definition) is 1. The average molecular weight is 447 g/mol. The molecule has 0 bridgehead atoms. The molecule has 1 saturated carbocycles. The van der Waals surface area contributed by atoms with Crippen LogP contribution in [0.4, 0.5) is 10.5 Å². The highest BCUT2D eigenvalue weighted by molar-refractivity contribution is 6.44. The molecule has 0 saturated heterocycles. The normalized spacial score (nSPS) is 14.7. The van der Waals surface area contributed by atoms with E-state index in [1.807, 2.05) is 0 Å². The third kappa shape index (κ3) is 5.47. The van der Waals surface area contributed by atoms with Crippen molar-refractivity contribution in [2.45, 2.75) is 71.8 Å². The van der Waals surface area contributed by atoms with Crippen LogP contribution in [0.2, 0.25) is 0 Å². The summed E-state index contributed by atoms with van der Waals surface area (Å²) in [7, 11) is 0. The van der Waals surface area contributed by atoms with Gasteiger partial charge >= 0.3 is 12.1 Å². The summed E-state index contributed by atoms with van der Waals surface area (Å²) in [5, 5.41) is 2.58. The van der Waals surface area contributed by atoms with E-state index in [-0.39, 0.29) is 23.8 Å². The minimum absolute atomic E-state index is 0.0285. The fourth-order valence-electron chi connectivity index (χ4n) is 3.73. The molecule has 0 radical (unpaired) electrons. The van der Waals surface area contributed by atoms with Gasteiger partial charge in [0.1, 0.15) is 5.60 Å². The largest absolute Gasteiger partial charge is 0.465 e. The fourth-order valence-corrected chi connectivity index (χ4v) is 3.73. The van der Waals surface area contributed by atoms with Crippen molar-refractivity contribution in [3.63, 3.8) is 0 Å². The van der Waals surface area contributed by atoms with Crippen molar-refractivity contribution in [1.82, 2.24) is 4.90 Å². The number of esters is 1. The van der Waals surface area contributed by atoms with Gasteiger partial charge in [0.05, 0.1) is 23.3 Å². The summed E-state index contributed by atoms with van der Waals surface area (Å²) in [6, 6.07) is 4.77. The van der Waals surface area contributed by atoms with Gasteiger partial charge in [0.15, 0.2) is 0 Å². The second-order valence-electron chi connectivity index (χ2n) is 8.85. The zero-order valence-corrected chi connectivity index (χ0v) is 19.9. The molecule has 0 aliphatic heterocycles. The van der Waals surface area contributed by atoms with Gasteiger partial charge in [-0.05, 0) is 72.1 Å². The van der Waals surface area contributed by atoms with Gasteiger partial charge in [0.2, 0.25) is 0 Å². The van der Waals surface area contributed by atoms with Gasteiger partial charge < -0.3 is 14.4 Å². The molecule has 0 aromatic heterocycles. The van der Waals surface area contributed by atoms with Crippen molar-refractivity contribution in [1.29, 1.82) is 0 Å². The molecule has 0 spiro atoms. The molecule has 1 fully saturated rings. The molecule has 8 nitrogen and oxygen atoms in total.